The molecule has 0 radical (unpaired) electrons. The van der Waals surface area contributed by atoms with E-state index in [2.05, 4.69) is 0 Å². The fourth-order valence-corrected chi connectivity index (χ4v) is 2.08. The van der Waals surface area contributed by atoms with Crippen molar-refractivity contribution in [2.45, 2.75) is 44.9 Å². The van der Waals surface area contributed by atoms with Crippen LogP contribution in [0, 0.1) is 0 Å². The largest absolute Gasteiger partial charge is 0.482 e. The number of carboxylic acids is 1. The molecular formula is C16H24O4. The summed E-state index contributed by atoms with van der Waals surface area (Å²) in [6.45, 7) is -0.00253. The van der Waals surface area contributed by atoms with Crippen molar-refractivity contribution in [3.8, 4) is 5.75 Å². The highest BCUT2D eigenvalue weighted by Crippen LogP contribution is 2.16. The Hall–Kier alpha value is -1.55. The summed E-state index contributed by atoms with van der Waals surface area (Å²) in [6.07, 6.45) is 7.70. The van der Waals surface area contributed by atoms with Gasteiger partial charge in [-0.05, 0) is 37.0 Å². The monoisotopic (exact) mass is 280 g/mol. The van der Waals surface area contributed by atoms with Gasteiger partial charge in [-0.1, -0.05) is 37.8 Å². The van der Waals surface area contributed by atoms with Crippen molar-refractivity contribution in [3.63, 3.8) is 0 Å². The Kier molecular flexibility index (Phi) is 8.47. The molecule has 1 rings (SSSR count). The lowest BCUT2D eigenvalue weighted by Crippen LogP contribution is -2.09. The molecule has 0 saturated carbocycles. The average Bonchev–Trinajstić information content (AvgIpc) is 2.45. The van der Waals surface area contributed by atoms with Crippen LogP contribution in [0.25, 0.3) is 0 Å². The molecular weight excluding hydrogens is 256 g/mol. The van der Waals surface area contributed by atoms with Gasteiger partial charge in [-0.15, -0.1) is 0 Å². The minimum Gasteiger partial charge on any atom is -0.482 e. The smallest absolute Gasteiger partial charge is 0.341 e. The maximum atomic E-state index is 10.4. The molecule has 0 amide bonds. The number of hydrogen-bond donors (Lipinski definition) is 2. The average molecular weight is 280 g/mol. The van der Waals surface area contributed by atoms with Crippen LogP contribution in [0.15, 0.2) is 24.3 Å². The van der Waals surface area contributed by atoms with E-state index in [0.29, 0.717) is 12.4 Å². The molecule has 1 aromatic rings. The fourth-order valence-electron chi connectivity index (χ4n) is 2.08. The van der Waals surface area contributed by atoms with E-state index in [0.717, 1.165) is 25.7 Å². The van der Waals surface area contributed by atoms with Gasteiger partial charge in [-0.2, -0.15) is 0 Å². The molecule has 1 aromatic carbocycles. The van der Waals surface area contributed by atoms with Gasteiger partial charge in [0, 0.05) is 6.61 Å². The summed E-state index contributed by atoms with van der Waals surface area (Å²) >= 11 is 0. The quantitative estimate of drug-likeness (QED) is 0.611. The summed E-state index contributed by atoms with van der Waals surface area (Å²) in [4.78, 5) is 10.4. The van der Waals surface area contributed by atoms with E-state index >= 15 is 0 Å². The minimum atomic E-state index is -0.960. The number of carboxylic acid groups (broad SMARTS) is 1. The van der Waals surface area contributed by atoms with Crippen LogP contribution in [0.3, 0.4) is 0 Å². The Morgan fingerprint density at radius 1 is 1.05 bits per heavy atom. The van der Waals surface area contributed by atoms with Crippen molar-refractivity contribution >= 4 is 5.97 Å². The van der Waals surface area contributed by atoms with Crippen LogP contribution < -0.4 is 4.74 Å². The van der Waals surface area contributed by atoms with E-state index in [1.807, 2.05) is 18.2 Å². The first-order valence-electron chi connectivity index (χ1n) is 7.27. The lowest BCUT2D eigenvalue weighted by molar-refractivity contribution is -0.139. The van der Waals surface area contributed by atoms with Crippen molar-refractivity contribution < 1.29 is 19.7 Å². The fraction of sp³-hybridized carbons (Fsp3) is 0.562. The maximum absolute atomic E-state index is 10.4. The van der Waals surface area contributed by atoms with E-state index in [1.165, 1.54) is 24.8 Å². The number of ether oxygens (including phenoxy) is 1. The molecule has 0 saturated heterocycles. The summed E-state index contributed by atoms with van der Waals surface area (Å²) in [6, 6.07) is 7.63. The zero-order valence-corrected chi connectivity index (χ0v) is 11.9. The van der Waals surface area contributed by atoms with Crippen LogP contribution in [0.5, 0.6) is 5.75 Å². The molecule has 0 aliphatic rings. The summed E-state index contributed by atoms with van der Waals surface area (Å²) in [7, 11) is 0. The molecule has 0 unspecified atom stereocenters. The summed E-state index contributed by atoms with van der Waals surface area (Å²) in [5, 5.41) is 17.2. The van der Waals surface area contributed by atoms with Gasteiger partial charge in [0.15, 0.2) is 6.61 Å². The van der Waals surface area contributed by atoms with Gasteiger partial charge in [0.25, 0.3) is 0 Å². The lowest BCUT2D eigenvalue weighted by Gasteiger charge is -2.06. The van der Waals surface area contributed by atoms with Gasteiger partial charge >= 0.3 is 5.97 Å². The van der Waals surface area contributed by atoms with Crippen LogP contribution in [0.4, 0.5) is 0 Å². The Labute approximate surface area is 120 Å². The predicted octanol–water partition coefficient (Wildman–Crippen LogP) is 3.03. The number of benzene rings is 1. The number of rotatable bonds is 11. The number of carbonyl (C=O) groups is 1. The SMILES string of the molecule is O=C(O)COc1cccc(CCCCCCCCO)c1. The minimum absolute atomic E-state index is 0.295. The molecule has 0 aliphatic heterocycles. The van der Waals surface area contributed by atoms with Gasteiger partial charge in [0.05, 0.1) is 0 Å². The Morgan fingerprint density at radius 3 is 2.45 bits per heavy atom. The van der Waals surface area contributed by atoms with Crippen molar-refractivity contribution in [1.29, 1.82) is 0 Å². The van der Waals surface area contributed by atoms with Crippen LogP contribution in [-0.2, 0) is 11.2 Å². The number of unbranched alkanes of at least 4 members (excludes halogenated alkanes) is 5. The number of aryl methyl sites for hydroxylation is 1. The van der Waals surface area contributed by atoms with Crippen molar-refractivity contribution in [2.24, 2.45) is 0 Å². The molecule has 2 N–H and O–H groups in total. The third-order valence-corrected chi connectivity index (χ3v) is 3.13. The summed E-state index contributed by atoms with van der Waals surface area (Å²) in [5.74, 6) is -0.342. The van der Waals surface area contributed by atoms with E-state index in [1.54, 1.807) is 6.07 Å². The second-order valence-electron chi connectivity index (χ2n) is 4.92. The van der Waals surface area contributed by atoms with Gasteiger partial charge in [-0.3, -0.25) is 0 Å². The van der Waals surface area contributed by atoms with Gasteiger partial charge in [-0.25, -0.2) is 4.79 Å². The van der Waals surface area contributed by atoms with Crippen molar-refractivity contribution in [3.05, 3.63) is 29.8 Å². The standard InChI is InChI=1S/C16H24O4/c17-11-6-4-2-1-3-5-8-14-9-7-10-15(12-14)20-13-16(18)19/h7,9-10,12,17H,1-6,8,11,13H2,(H,18,19). The molecule has 0 heterocycles. The third-order valence-electron chi connectivity index (χ3n) is 3.13. The Morgan fingerprint density at radius 2 is 1.75 bits per heavy atom. The first-order valence-corrected chi connectivity index (χ1v) is 7.27. The molecule has 4 nitrogen and oxygen atoms in total. The Balaban J connectivity index is 2.19. The van der Waals surface area contributed by atoms with E-state index < -0.39 is 5.97 Å². The van der Waals surface area contributed by atoms with Crippen LogP contribution in [-0.4, -0.2) is 29.4 Å². The first-order chi connectivity index (χ1) is 9.72. The highest BCUT2D eigenvalue weighted by molar-refractivity contribution is 5.68. The molecule has 0 fully saturated rings. The molecule has 0 spiro atoms. The molecule has 0 atom stereocenters. The van der Waals surface area contributed by atoms with Crippen molar-refractivity contribution in [2.75, 3.05) is 13.2 Å². The van der Waals surface area contributed by atoms with E-state index in [4.69, 9.17) is 14.9 Å². The topological polar surface area (TPSA) is 66.8 Å². The zero-order chi connectivity index (χ0) is 14.6. The molecule has 112 valence electrons. The molecule has 0 bridgehead atoms. The predicted molar refractivity (Wildman–Crippen MR) is 78.1 cm³/mol. The molecule has 0 aliphatic carbocycles. The molecule has 20 heavy (non-hydrogen) atoms. The number of hydrogen-bond acceptors (Lipinski definition) is 3. The van der Waals surface area contributed by atoms with Gasteiger partial charge in [0.1, 0.15) is 5.75 Å². The highest BCUT2D eigenvalue weighted by atomic mass is 16.5. The van der Waals surface area contributed by atoms with Crippen LogP contribution >= 0.6 is 0 Å². The number of aliphatic carboxylic acids is 1. The van der Waals surface area contributed by atoms with Gasteiger partial charge in [0.2, 0.25) is 0 Å². The Bertz CT molecular complexity index is 390. The zero-order valence-electron chi connectivity index (χ0n) is 11.9. The number of aliphatic hydroxyl groups excluding tert-OH is 1. The summed E-state index contributed by atoms with van der Waals surface area (Å²) < 4.78 is 5.16. The molecule has 0 aromatic heterocycles. The van der Waals surface area contributed by atoms with Crippen LogP contribution in [0.2, 0.25) is 0 Å². The second-order valence-corrected chi connectivity index (χ2v) is 4.92. The molecule has 4 heteroatoms. The first kappa shape index (κ1) is 16.5. The van der Waals surface area contributed by atoms with Crippen molar-refractivity contribution in [1.82, 2.24) is 0 Å². The highest BCUT2D eigenvalue weighted by Gasteiger charge is 2.01. The summed E-state index contributed by atoms with van der Waals surface area (Å²) in [5.41, 5.74) is 1.18. The second kappa shape index (κ2) is 10.3. The normalized spacial score (nSPS) is 10.4. The maximum Gasteiger partial charge on any atom is 0.341 e. The van der Waals surface area contributed by atoms with E-state index in [-0.39, 0.29) is 6.61 Å². The van der Waals surface area contributed by atoms with Gasteiger partial charge < -0.3 is 14.9 Å². The number of aliphatic hydroxyl groups is 1. The van der Waals surface area contributed by atoms with Crippen LogP contribution in [0.1, 0.15) is 44.1 Å². The van der Waals surface area contributed by atoms with E-state index in [9.17, 15) is 4.79 Å². The lowest BCUT2D eigenvalue weighted by atomic mass is 10.0. The third kappa shape index (κ3) is 7.79.